The number of nitrogens with two attached hydrogens (primary N) is 1. The van der Waals surface area contributed by atoms with Crippen LogP contribution in [0.1, 0.15) is 40.4 Å². The van der Waals surface area contributed by atoms with Crippen molar-refractivity contribution in [3.8, 4) is 5.75 Å². The number of hydrogen-bond donors (Lipinski definition) is 2. The molecule has 1 saturated carbocycles. The van der Waals surface area contributed by atoms with E-state index in [0.29, 0.717) is 24.6 Å². The third-order valence-corrected chi connectivity index (χ3v) is 4.72. The van der Waals surface area contributed by atoms with Gasteiger partial charge in [0.2, 0.25) is 0 Å². The smallest absolute Gasteiger partial charge is 0.256 e. The molecule has 3 aromatic rings. The standard InChI is InChI=1S/C22H23N3O2/c1-14-2-9-20-18(12-14)19(13-21(25-20)15-3-4-15)22(26)24-16-5-7-17(8-6-16)27-11-10-23/h2,5-9,12-13,15H,3-4,10-11,23H2,1H3,(H,24,26). The van der Waals surface area contributed by atoms with Crippen LogP contribution < -0.4 is 15.8 Å². The second-order valence-corrected chi connectivity index (χ2v) is 7.01. The summed E-state index contributed by atoms with van der Waals surface area (Å²) in [5, 5.41) is 3.88. The molecule has 4 rings (SSSR count). The summed E-state index contributed by atoms with van der Waals surface area (Å²) in [5.74, 6) is 1.10. The number of fused-ring (bicyclic) bond motifs is 1. The molecule has 1 heterocycles. The number of pyridine rings is 1. The molecule has 0 atom stereocenters. The summed E-state index contributed by atoms with van der Waals surface area (Å²) in [6, 6.07) is 15.3. The highest BCUT2D eigenvalue weighted by Crippen LogP contribution is 2.40. The molecule has 0 radical (unpaired) electrons. The molecular weight excluding hydrogens is 338 g/mol. The van der Waals surface area contributed by atoms with Crippen molar-refractivity contribution in [1.82, 2.24) is 4.98 Å². The first-order valence-corrected chi connectivity index (χ1v) is 9.29. The fourth-order valence-electron chi connectivity index (χ4n) is 3.15. The molecule has 5 nitrogen and oxygen atoms in total. The van der Waals surface area contributed by atoms with Crippen LogP contribution in [0.5, 0.6) is 5.75 Å². The van der Waals surface area contributed by atoms with Gasteiger partial charge in [0.25, 0.3) is 5.91 Å². The van der Waals surface area contributed by atoms with Crippen molar-refractivity contribution >= 4 is 22.5 Å². The Morgan fingerprint density at radius 3 is 2.67 bits per heavy atom. The van der Waals surface area contributed by atoms with Crippen molar-refractivity contribution in [2.45, 2.75) is 25.7 Å². The maximum absolute atomic E-state index is 13.0. The van der Waals surface area contributed by atoms with Gasteiger partial charge in [0, 0.05) is 29.2 Å². The van der Waals surface area contributed by atoms with Gasteiger partial charge < -0.3 is 15.8 Å². The number of nitrogens with zero attached hydrogens (tertiary/aromatic N) is 1. The minimum absolute atomic E-state index is 0.120. The Morgan fingerprint density at radius 1 is 1.19 bits per heavy atom. The van der Waals surface area contributed by atoms with Crippen molar-refractivity contribution in [3.63, 3.8) is 0 Å². The molecule has 1 amide bonds. The lowest BCUT2D eigenvalue weighted by Crippen LogP contribution is -2.14. The Morgan fingerprint density at radius 2 is 1.96 bits per heavy atom. The molecule has 0 aliphatic heterocycles. The minimum Gasteiger partial charge on any atom is -0.492 e. The van der Waals surface area contributed by atoms with Crippen LogP contribution in [0.3, 0.4) is 0 Å². The fourth-order valence-corrected chi connectivity index (χ4v) is 3.15. The van der Waals surface area contributed by atoms with Crippen molar-refractivity contribution in [2.75, 3.05) is 18.5 Å². The maximum Gasteiger partial charge on any atom is 0.256 e. The van der Waals surface area contributed by atoms with Crippen LogP contribution in [0.15, 0.2) is 48.5 Å². The minimum atomic E-state index is -0.120. The maximum atomic E-state index is 13.0. The normalized spacial score (nSPS) is 13.6. The number of rotatable bonds is 6. The van der Waals surface area contributed by atoms with Crippen LogP contribution in [-0.4, -0.2) is 24.0 Å². The predicted octanol–water partition coefficient (Wildman–Crippen LogP) is 4.01. The molecule has 2 aromatic carbocycles. The van der Waals surface area contributed by atoms with Gasteiger partial charge in [-0.05, 0) is 62.2 Å². The quantitative estimate of drug-likeness (QED) is 0.695. The average molecular weight is 361 g/mol. The molecule has 5 heteroatoms. The first-order valence-electron chi connectivity index (χ1n) is 9.29. The molecule has 1 aliphatic rings. The van der Waals surface area contributed by atoms with E-state index in [1.807, 2.05) is 55.5 Å². The number of ether oxygens (including phenoxy) is 1. The lowest BCUT2D eigenvalue weighted by Gasteiger charge is -2.11. The summed E-state index contributed by atoms with van der Waals surface area (Å²) < 4.78 is 5.47. The zero-order valence-corrected chi connectivity index (χ0v) is 15.4. The van der Waals surface area contributed by atoms with E-state index in [1.54, 1.807) is 0 Å². The van der Waals surface area contributed by atoms with Gasteiger partial charge in [-0.1, -0.05) is 11.6 Å². The molecule has 0 bridgehead atoms. The molecule has 0 unspecified atom stereocenters. The first-order chi connectivity index (χ1) is 13.1. The van der Waals surface area contributed by atoms with E-state index in [4.69, 9.17) is 15.5 Å². The number of amides is 1. The number of nitrogens with one attached hydrogen (secondary N) is 1. The van der Waals surface area contributed by atoms with E-state index in [-0.39, 0.29) is 5.91 Å². The molecule has 1 aromatic heterocycles. The summed E-state index contributed by atoms with van der Waals surface area (Å²) >= 11 is 0. The molecule has 3 N–H and O–H groups in total. The number of benzene rings is 2. The van der Waals surface area contributed by atoms with Crippen molar-refractivity contribution in [3.05, 3.63) is 65.4 Å². The summed E-state index contributed by atoms with van der Waals surface area (Å²) in [5.41, 5.74) is 9.85. The molecular formula is C22H23N3O2. The van der Waals surface area contributed by atoms with Gasteiger partial charge in [-0.25, -0.2) is 0 Å². The molecule has 1 fully saturated rings. The van der Waals surface area contributed by atoms with Crippen LogP contribution in [0, 0.1) is 6.92 Å². The van der Waals surface area contributed by atoms with Crippen molar-refractivity contribution in [1.29, 1.82) is 0 Å². The Balaban J connectivity index is 1.62. The summed E-state index contributed by atoms with van der Waals surface area (Å²) in [4.78, 5) is 17.8. The Hall–Kier alpha value is -2.92. The molecule has 138 valence electrons. The van der Waals surface area contributed by atoms with Crippen LogP contribution in [0.25, 0.3) is 10.9 Å². The molecule has 1 aliphatic carbocycles. The van der Waals surface area contributed by atoms with E-state index < -0.39 is 0 Å². The Bertz CT molecular complexity index is 979. The van der Waals surface area contributed by atoms with E-state index in [2.05, 4.69) is 5.32 Å². The van der Waals surface area contributed by atoms with E-state index in [1.165, 1.54) is 0 Å². The highest BCUT2D eigenvalue weighted by atomic mass is 16.5. The number of carbonyl (C=O) groups is 1. The third kappa shape index (κ3) is 3.93. The summed E-state index contributed by atoms with van der Waals surface area (Å²) in [6.45, 7) is 2.96. The molecule has 0 saturated heterocycles. The van der Waals surface area contributed by atoms with Gasteiger partial charge >= 0.3 is 0 Å². The van der Waals surface area contributed by atoms with Gasteiger partial charge in [-0.15, -0.1) is 0 Å². The van der Waals surface area contributed by atoms with Crippen LogP contribution in [0.2, 0.25) is 0 Å². The van der Waals surface area contributed by atoms with Gasteiger partial charge in [0.15, 0.2) is 0 Å². The second kappa shape index (κ2) is 7.37. The lowest BCUT2D eigenvalue weighted by molar-refractivity contribution is 0.102. The largest absolute Gasteiger partial charge is 0.492 e. The average Bonchev–Trinajstić information content (AvgIpc) is 3.52. The lowest BCUT2D eigenvalue weighted by atomic mass is 10.0. The zero-order chi connectivity index (χ0) is 18.8. The topological polar surface area (TPSA) is 77.2 Å². The number of aromatic nitrogens is 1. The highest BCUT2D eigenvalue weighted by molar-refractivity contribution is 6.12. The Labute approximate surface area is 158 Å². The predicted molar refractivity (Wildman–Crippen MR) is 107 cm³/mol. The van der Waals surface area contributed by atoms with Crippen LogP contribution in [-0.2, 0) is 0 Å². The fraction of sp³-hybridized carbons (Fsp3) is 0.273. The first kappa shape index (κ1) is 17.5. The highest BCUT2D eigenvalue weighted by Gasteiger charge is 2.27. The molecule has 27 heavy (non-hydrogen) atoms. The van der Waals surface area contributed by atoms with Gasteiger partial charge in [-0.2, -0.15) is 0 Å². The number of hydrogen-bond acceptors (Lipinski definition) is 4. The summed E-state index contributed by atoms with van der Waals surface area (Å²) in [6.07, 6.45) is 2.30. The third-order valence-electron chi connectivity index (χ3n) is 4.72. The van der Waals surface area contributed by atoms with Crippen molar-refractivity contribution < 1.29 is 9.53 Å². The Kier molecular flexibility index (Phi) is 4.77. The number of carbonyl (C=O) groups excluding carboxylic acids is 1. The number of anilines is 1. The van der Waals surface area contributed by atoms with Crippen molar-refractivity contribution in [2.24, 2.45) is 5.73 Å². The van der Waals surface area contributed by atoms with Gasteiger partial charge in [0.1, 0.15) is 12.4 Å². The van der Waals surface area contributed by atoms with E-state index in [0.717, 1.165) is 46.4 Å². The van der Waals surface area contributed by atoms with Gasteiger partial charge in [0.05, 0.1) is 11.1 Å². The zero-order valence-electron chi connectivity index (χ0n) is 15.4. The van der Waals surface area contributed by atoms with E-state index >= 15 is 0 Å². The SMILES string of the molecule is Cc1ccc2nc(C3CC3)cc(C(=O)Nc3ccc(OCCN)cc3)c2c1. The van der Waals surface area contributed by atoms with Crippen LogP contribution >= 0.6 is 0 Å². The second-order valence-electron chi connectivity index (χ2n) is 7.01. The van der Waals surface area contributed by atoms with E-state index in [9.17, 15) is 4.79 Å². The monoisotopic (exact) mass is 361 g/mol. The van der Waals surface area contributed by atoms with Gasteiger partial charge in [-0.3, -0.25) is 9.78 Å². The number of aryl methyl sites for hydroxylation is 1. The summed E-state index contributed by atoms with van der Waals surface area (Å²) in [7, 11) is 0. The van der Waals surface area contributed by atoms with Crippen LogP contribution in [0.4, 0.5) is 5.69 Å². The molecule has 0 spiro atoms.